The van der Waals surface area contributed by atoms with Gasteiger partial charge in [0.15, 0.2) is 11.7 Å². The summed E-state index contributed by atoms with van der Waals surface area (Å²) in [4.78, 5) is 4.50. The molecule has 0 spiro atoms. The lowest BCUT2D eigenvalue weighted by molar-refractivity contribution is 0.180. The van der Waals surface area contributed by atoms with Gasteiger partial charge in [0.05, 0.1) is 17.9 Å². The van der Waals surface area contributed by atoms with Gasteiger partial charge in [-0.3, -0.25) is 0 Å². The highest BCUT2D eigenvalue weighted by atomic mass is 16.5. The molecule has 0 fully saturated rings. The molecule has 7 heteroatoms. The number of nitrogens with zero attached hydrogens (tertiary/aromatic N) is 2. The highest BCUT2D eigenvalue weighted by Gasteiger charge is 2.10. The summed E-state index contributed by atoms with van der Waals surface area (Å²) in [5.41, 5.74) is 1.74. The van der Waals surface area contributed by atoms with Gasteiger partial charge in [-0.2, -0.15) is 0 Å². The van der Waals surface area contributed by atoms with Crippen molar-refractivity contribution in [3.63, 3.8) is 0 Å². The van der Waals surface area contributed by atoms with Crippen LogP contribution in [0.2, 0.25) is 0 Å². The molecule has 1 aromatic carbocycles. The largest absolute Gasteiger partial charge is 0.491 e. The van der Waals surface area contributed by atoms with Crippen LogP contribution in [0.1, 0.15) is 63.7 Å². The molecule has 1 atom stereocenters. The number of ether oxygens (including phenoxy) is 1. The highest BCUT2D eigenvalue weighted by Crippen LogP contribution is 2.18. The SMILES string of the molecule is CCNC(=NCc1cc(C(C)C)no1)NCC(O)c1ccc(OC(C)C)cc1. The third-order valence-electron chi connectivity index (χ3n) is 4.01. The number of aliphatic hydroxyl groups excluding tert-OH is 1. The van der Waals surface area contributed by atoms with Gasteiger partial charge in [-0.05, 0) is 44.4 Å². The number of aliphatic imine (C=N–C) groups is 1. The molecule has 7 nitrogen and oxygen atoms in total. The molecule has 2 aromatic rings. The Morgan fingerprint density at radius 3 is 2.46 bits per heavy atom. The molecule has 0 saturated carbocycles. The van der Waals surface area contributed by atoms with Gasteiger partial charge < -0.3 is 25.0 Å². The van der Waals surface area contributed by atoms with E-state index in [1.54, 1.807) is 0 Å². The molecule has 0 aliphatic heterocycles. The number of aromatic nitrogens is 1. The van der Waals surface area contributed by atoms with Crippen LogP contribution in [0.15, 0.2) is 39.8 Å². The standard InChI is InChI=1S/C21H32N4O3/c1-6-22-21(23-12-18-11-19(14(2)3)25-28-18)24-13-20(26)16-7-9-17(10-8-16)27-15(4)5/h7-11,14-15,20,26H,6,12-13H2,1-5H3,(H2,22,23,24). The molecule has 1 heterocycles. The first-order valence-corrected chi connectivity index (χ1v) is 9.81. The zero-order valence-corrected chi connectivity index (χ0v) is 17.4. The topological polar surface area (TPSA) is 91.9 Å². The molecule has 0 aliphatic carbocycles. The maximum Gasteiger partial charge on any atom is 0.191 e. The number of hydrogen-bond donors (Lipinski definition) is 3. The Hall–Kier alpha value is -2.54. The Labute approximate surface area is 167 Å². The van der Waals surface area contributed by atoms with Crippen LogP contribution >= 0.6 is 0 Å². The zero-order valence-electron chi connectivity index (χ0n) is 17.4. The van der Waals surface area contributed by atoms with Gasteiger partial charge in [0.1, 0.15) is 12.3 Å². The maximum atomic E-state index is 10.4. The molecule has 1 unspecified atom stereocenters. The van der Waals surface area contributed by atoms with E-state index in [9.17, 15) is 5.11 Å². The van der Waals surface area contributed by atoms with Crippen LogP contribution in [-0.4, -0.2) is 35.4 Å². The number of hydrogen-bond acceptors (Lipinski definition) is 5. The first-order chi connectivity index (χ1) is 13.4. The van der Waals surface area contributed by atoms with Crippen molar-refractivity contribution < 1.29 is 14.4 Å². The van der Waals surface area contributed by atoms with Crippen LogP contribution in [0.5, 0.6) is 5.75 Å². The number of aliphatic hydroxyl groups is 1. The predicted molar refractivity (Wildman–Crippen MR) is 111 cm³/mol. The van der Waals surface area contributed by atoms with E-state index in [1.165, 1.54) is 0 Å². The van der Waals surface area contributed by atoms with Gasteiger partial charge in [0.25, 0.3) is 0 Å². The van der Waals surface area contributed by atoms with Crippen molar-refractivity contribution in [3.8, 4) is 5.75 Å². The lowest BCUT2D eigenvalue weighted by Crippen LogP contribution is -2.39. The van der Waals surface area contributed by atoms with Crippen molar-refractivity contribution in [1.82, 2.24) is 15.8 Å². The van der Waals surface area contributed by atoms with E-state index in [4.69, 9.17) is 9.26 Å². The molecule has 0 amide bonds. The second-order valence-corrected chi connectivity index (χ2v) is 7.20. The minimum Gasteiger partial charge on any atom is -0.491 e. The molecule has 3 N–H and O–H groups in total. The second-order valence-electron chi connectivity index (χ2n) is 7.20. The van der Waals surface area contributed by atoms with E-state index in [-0.39, 0.29) is 6.10 Å². The number of guanidine groups is 1. The molecule has 0 radical (unpaired) electrons. The van der Waals surface area contributed by atoms with Crippen LogP contribution in [0.4, 0.5) is 0 Å². The average Bonchev–Trinajstić information content (AvgIpc) is 3.13. The fraction of sp³-hybridized carbons (Fsp3) is 0.524. The lowest BCUT2D eigenvalue weighted by Gasteiger charge is -2.16. The highest BCUT2D eigenvalue weighted by molar-refractivity contribution is 5.79. The summed E-state index contributed by atoms with van der Waals surface area (Å²) in [6.45, 7) is 11.5. The Morgan fingerprint density at radius 1 is 1.18 bits per heavy atom. The number of benzene rings is 1. The molecule has 154 valence electrons. The van der Waals surface area contributed by atoms with Crippen LogP contribution in [0.25, 0.3) is 0 Å². The van der Waals surface area contributed by atoms with Gasteiger partial charge in [0, 0.05) is 19.2 Å². The van der Waals surface area contributed by atoms with Crippen LogP contribution in [0.3, 0.4) is 0 Å². The van der Waals surface area contributed by atoms with Crippen LogP contribution < -0.4 is 15.4 Å². The molecule has 0 aliphatic rings. The second kappa shape index (κ2) is 10.7. The first kappa shape index (κ1) is 21.8. The Balaban J connectivity index is 1.91. The van der Waals surface area contributed by atoms with Gasteiger partial charge in [-0.1, -0.05) is 31.1 Å². The number of nitrogens with one attached hydrogen (secondary N) is 2. The normalized spacial score (nSPS) is 13.1. The molecule has 0 bridgehead atoms. The quantitative estimate of drug-likeness (QED) is 0.451. The summed E-state index contributed by atoms with van der Waals surface area (Å²) in [5.74, 6) is 2.44. The van der Waals surface area contributed by atoms with Gasteiger partial charge in [0.2, 0.25) is 0 Å². The molecule has 0 saturated heterocycles. The summed E-state index contributed by atoms with van der Waals surface area (Å²) in [7, 11) is 0. The van der Waals surface area contributed by atoms with Gasteiger partial charge in [-0.15, -0.1) is 0 Å². The zero-order chi connectivity index (χ0) is 20.5. The molecular weight excluding hydrogens is 356 g/mol. The van der Waals surface area contributed by atoms with Crippen molar-refractivity contribution in [1.29, 1.82) is 0 Å². The van der Waals surface area contributed by atoms with E-state index in [0.29, 0.717) is 30.7 Å². The maximum absolute atomic E-state index is 10.4. The summed E-state index contributed by atoms with van der Waals surface area (Å²) in [6, 6.07) is 9.40. The lowest BCUT2D eigenvalue weighted by atomic mass is 10.1. The predicted octanol–water partition coefficient (Wildman–Crippen LogP) is 3.37. The van der Waals surface area contributed by atoms with Crippen molar-refractivity contribution in [2.45, 2.75) is 59.3 Å². The summed E-state index contributed by atoms with van der Waals surface area (Å²) in [5, 5.41) is 20.8. The van der Waals surface area contributed by atoms with E-state index in [2.05, 4.69) is 34.6 Å². The van der Waals surface area contributed by atoms with Crippen molar-refractivity contribution in [3.05, 3.63) is 47.3 Å². The molecule has 28 heavy (non-hydrogen) atoms. The van der Waals surface area contributed by atoms with Crippen LogP contribution in [0, 0.1) is 0 Å². The smallest absolute Gasteiger partial charge is 0.191 e. The third-order valence-corrected chi connectivity index (χ3v) is 4.01. The van der Waals surface area contributed by atoms with Gasteiger partial charge in [-0.25, -0.2) is 4.99 Å². The Bertz CT molecular complexity index is 738. The van der Waals surface area contributed by atoms with E-state index in [1.807, 2.05) is 51.1 Å². The van der Waals surface area contributed by atoms with Crippen molar-refractivity contribution >= 4 is 5.96 Å². The molecular formula is C21H32N4O3. The Kier molecular flexibility index (Phi) is 8.32. The summed E-state index contributed by atoms with van der Waals surface area (Å²) in [6.07, 6.45) is -0.535. The fourth-order valence-electron chi connectivity index (χ4n) is 2.53. The third kappa shape index (κ3) is 6.88. The Morgan fingerprint density at radius 2 is 1.89 bits per heavy atom. The molecule has 1 aromatic heterocycles. The van der Waals surface area contributed by atoms with Gasteiger partial charge >= 0.3 is 0 Å². The first-order valence-electron chi connectivity index (χ1n) is 9.81. The van der Waals surface area contributed by atoms with Crippen molar-refractivity contribution in [2.75, 3.05) is 13.1 Å². The minimum atomic E-state index is -0.658. The van der Waals surface area contributed by atoms with E-state index >= 15 is 0 Å². The average molecular weight is 389 g/mol. The van der Waals surface area contributed by atoms with Crippen molar-refractivity contribution in [2.24, 2.45) is 4.99 Å². The summed E-state index contributed by atoms with van der Waals surface area (Å²) >= 11 is 0. The minimum absolute atomic E-state index is 0.123. The number of rotatable bonds is 9. The van der Waals surface area contributed by atoms with Crippen LogP contribution in [-0.2, 0) is 6.54 Å². The van der Waals surface area contributed by atoms with E-state index in [0.717, 1.165) is 23.6 Å². The monoisotopic (exact) mass is 388 g/mol. The van der Waals surface area contributed by atoms with E-state index < -0.39 is 6.10 Å². The summed E-state index contributed by atoms with van der Waals surface area (Å²) < 4.78 is 10.9. The molecule has 2 rings (SSSR count). The fourth-order valence-corrected chi connectivity index (χ4v) is 2.53.